The van der Waals surface area contributed by atoms with Crippen LogP contribution in [0, 0.1) is 5.82 Å². The Labute approximate surface area is 107 Å². The third kappa shape index (κ3) is 3.43. The Morgan fingerprint density at radius 1 is 1.56 bits per heavy atom. The van der Waals surface area contributed by atoms with Crippen molar-refractivity contribution < 1.29 is 13.9 Å². The first-order valence-corrected chi connectivity index (χ1v) is 6.46. The maximum Gasteiger partial charge on any atom is 0.131 e. The van der Waals surface area contributed by atoms with E-state index in [4.69, 9.17) is 15.2 Å². The van der Waals surface area contributed by atoms with Crippen LogP contribution in [0.2, 0.25) is 0 Å². The highest BCUT2D eigenvalue weighted by atomic mass is 19.1. The first-order chi connectivity index (χ1) is 8.66. The summed E-state index contributed by atoms with van der Waals surface area (Å²) in [7, 11) is 0. The van der Waals surface area contributed by atoms with Gasteiger partial charge in [-0.05, 0) is 25.8 Å². The fraction of sp³-hybridized carbons (Fsp3) is 0.571. The molecule has 1 aromatic carbocycles. The SMILES string of the molecule is CC(N)c1ccc(OCCC2CCCO2)cc1F. The largest absolute Gasteiger partial charge is 0.493 e. The minimum absolute atomic E-state index is 0.300. The minimum atomic E-state index is -0.306. The summed E-state index contributed by atoms with van der Waals surface area (Å²) in [4.78, 5) is 0. The minimum Gasteiger partial charge on any atom is -0.493 e. The lowest BCUT2D eigenvalue weighted by molar-refractivity contribution is 0.0903. The predicted octanol–water partition coefficient (Wildman–Crippen LogP) is 2.79. The molecule has 1 aliphatic heterocycles. The van der Waals surface area contributed by atoms with E-state index in [2.05, 4.69) is 0 Å². The highest BCUT2D eigenvalue weighted by Crippen LogP contribution is 2.21. The number of benzene rings is 1. The zero-order valence-electron chi connectivity index (χ0n) is 10.7. The van der Waals surface area contributed by atoms with Gasteiger partial charge in [0.2, 0.25) is 0 Å². The Morgan fingerprint density at radius 3 is 3.00 bits per heavy atom. The Balaban J connectivity index is 1.84. The number of nitrogens with two attached hydrogens (primary N) is 1. The molecule has 2 rings (SSSR count). The standard InChI is InChI=1S/C14H20FNO2/c1-10(16)13-5-4-12(9-14(13)15)18-8-6-11-3-2-7-17-11/h4-5,9-11H,2-3,6-8,16H2,1H3. The molecule has 1 aliphatic rings. The number of rotatable bonds is 5. The first kappa shape index (κ1) is 13.3. The van der Waals surface area contributed by atoms with Gasteiger partial charge in [-0.25, -0.2) is 4.39 Å². The first-order valence-electron chi connectivity index (χ1n) is 6.46. The molecule has 0 bridgehead atoms. The van der Waals surface area contributed by atoms with Crippen LogP contribution in [0.15, 0.2) is 18.2 Å². The molecule has 0 radical (unpaired) electrons. The number of hydrogen-bond donors (Lipinski definition) is 1. The van der Waals surface area contributed by atoms with Crippen LogP contribution in [0.25, 0.3) is 0 Å². The van der Waals surface area contributed by atoms with E-state index >= 15 is 0 Å². The van der Waals surface area contributed by atoms with E-state index in [1.54, 1.807) is 19.1 Å². The zero-order valence-corrected chi connectivity index (χ0v) is 10.7. The smallest absolute Gasteiger partial charge is 0.131 e. The van der Waals surface area contributed by atoms with E-state index < -0.39 is 0 Å². The summed E-state index contributed by atoms with van der Waals surface area (Å²) >= 11 is 0. The summed E-state index contributed by atoms with van der Waals surface area (Å²) in [6.45, 7) is 3.17. The van der Waals surface area contributed by atoms with Crippen molar-refractivity contribution in [3.8, 4) is 5.75 Å². The van der Waals surface area contributed by atoms with Crippen LogP contribution in [-0.4, -0.2) is 19.3 Å². The average molecular weight is 253 g/mol. The Hall–Kier alpha value is -1.13. The summed E-state index contributed by atoms with van der Waals surface area (Å²) in [6.07, 6.45) is 3.39. The van der Waals surface area contributed by atoms with E-state index in [0.717, 1.165) is 25.9 Å². The Kier molecular flexibility index (Phi) is 4.55. The predicted molar refractivity (Wildman–Crippen MR) is 68.1 cm³/mol. The van der Waals surface area contributed by atoms with Gasteiger partial charge < -0.3 is 15.2 Å². The van der Waals surface area contributed by atoms with Crippen molar-refractivity contribution in [3.63, 3.8) is 0 Å². The van der Waals surface area contributed by atoms with Gasteiger partial charge in [0, 0.05) is 30.7 Å². The molecule has 2 N–H and O–H groups in total. The molecule has 2 unspecified atom stereocenters. The third-order valence-electron chi connectivity index (χ3n) is 3.20. The van der Waals surface area contributed by atoms with Crippen LogP contribution in [0.1, 0.15) is 37.8 Å². The molecule has 18 heavy (non-hydrogen) atoms. The van der Waals surface area contributed by atoms with E-state index in [0.29, 0.717) is 24.0 Å². The normalized spacial score (nSPS) is 20.9. The average Bonchev–Trinajstić information content (AvgIpc) is 2.81. The second kappa shape index (κ2) is 6.16. The molecule has 0 saturated carbocycles. The topological polar surface area (TPSA) is 44.5 Å². The fourth-order valence-electron chi connectivity index (χ4n) is 2.15. The van der Waals surface area contributed by atoms with Gasteiger partial charge in [0.15, 0.2) is 0 Å². The summed E-state index contributed by atoms with van der Waals surface area (Å²) in [5, 5.41) is 0. The third-order valence-corrected chi connectivity index (χ3v) is 3.20. The molecular formula is C14H20FNO2. The summed E-state index contributed by atoms with van der Waals surface area (Å²) in [5.74, 6) is 0.245. The lowest BCUT2D eigenvalue weighted by Gasteiger charge is -2.12. The lowest BCUT2D eigenvalue weighted by atomic mass is 10.1. The van der Waals surface area contributed by atoms with Crippen molar-refractivity contribution in [3.05, 3.63) is 29.6 Å². The second-order valence-corrected chi connectivity index (χ2v) is 4.74. The highest BCUT2D eigenvalue weighted by molar-refractivity contribution is 5.30. The molecule has 3 nitrogen and oxygen atoms in total. The molecule has 4 heteroatoms. The molecule has 1 heterocycles. The van der Waals surface area contributed by atoms with Gasteiger partial charge in [-0.15, -0.1) is 0 Å². The van der Waals surface area contributed by atoms with E-state index in [1.807, 2.05) is 0 Å². The Bertz CT molecular complexity index is 389. The fourth-order valence-corrected chi connectivity index (χ4v) is 2.15. The van der Waals surface area contributed by atoms with Crippen molar-refractivity contribution in [2.24, 2.45) is 5.73 Å². The highest BCUT2D eigenvalue weighted by Gasteiger charge is 2.15. The van der Waals surface area contributed by atoms with Gasteiger partial charge in [-0.3, -0.25) is 0 Å². The summed E-state index contributed by atoms with van der Waals surface area (Å²) in [6, 6.07) is 4.54. The van der Waals surface area contributed by atoms with Gasteiger partial charge in [0.1, 0.15) is 11.6 Å². The van der Waals surface area contributed by atoms with Crippen LogP contribution in [-0.2, 0) is 4.74 Å². The molecule has 0 aliphatic carbocycles. The number of ether oxygens (including phenoxy) is 2. The lowest BCUT2D eigenvalue weighted by Crippen LogP contribution is -2.11. The maximum absolute atomic E-state index is 13.6. The van der Waals surface area contributed by atoms with E-state index in [-0.39, 0.29) is 11.9 Å². The summed E-state index contributed by atoms with van der Waals surface area (Å²) < 4.78 is 24.7. The molecule has 2 atom stereocenters. The molecule has 1 saturated heterocycles. The van der Waals surface area contributed by atoms with E-state index in [9.17, 15) is 4.39 Å². The van der Waals surface area contributed by atoms with Gasteiger partial charge in [0.05, 0.1) is 12.7 Å². The second-order valence-electron chi connectivity index (χ2n) is 4.74. The Morgan fingerprint density at radius 2 is 2.39 bits per heavy atom. The number of halogens is 1. The molecular weight excluding hydrogens is 233 g/mol. The monoisotopic (exact) mass is 253 g/mol. The van der Waals surface area contributed by atoms with Crippen LogP contribution < -0.4 is 10.5 Å². The van der Waals surface area contributed by atoms with Crippen LogP contribution in [0.3, 0.4) is 0 Å². The molecule has 1 aromatic rings. The van der Waals surface area contributed by atoms with Crippen molar-refractivity contribution in [1.29, 1.82) is 0 Å². The van der Waals surface area contributed by atoms with Crippen LogP contribution in [0.5, 0.6) is 5.75 Å². The van der Waals surface area contributed by atoms with Gasteiger partial charge in [-0.1, -0.05) is 6.07 Å². The van der Waals surface area contributed by atoms with Crippen LogP contribution >= 0.6 is 0 Å². The summed E-state index contributed by atoms with van der Waals surface area (Å²) in [5.41, 5.74) is 6.17. The van der Waals surface area contributed by atoms with Crippen molar-refractivity contribution >= 4 is 0 Å². The molecule has 0 aromatic heterocycles. The molecule has 1 fully saturated rings. The number of hydrogen-bond acceptors (Lipinski definition) is 3. The van der Waals surface area contributed by atoms with Crippen LogP contribution in [0.4, 0.5) is 4.39 Å². The van der Waals surface area contributed by atoms with E-state index in [1.165, 1.54) is 6.07 Å². The zero-order chi connectivity index (χ0) is 13.0. The van der Waals surface area contributed by atoms with Gasteiger partial charge in [0.25, 0.3) is 0 Å². The van der Waals surface area contributed by atoms with Gasteiger partial charge >= 0.3 is 0 Å². The molecule has 0 spiro atoms. The quantitative estimate of drug-likeness (QED) is 0.877. The van der Waals surface area contributed by atoms with Crippen molar-refractivity contribution in [1.82, 2.24) is 0 Å². The van der Waals surface area contributed by atoms with Crippen molar-refractivity contribution in [2.75, 3.05) is 13.2 Å². The van der Waals surface area contributed by atoms with Crippen molar-refractivity contribution in [2.45, 2.75) is 38.3 Å². The molecule has 100 valence electrons. The molecule has 0 amide bonds. The van der Waals surface area contributed by atoms with Gasteiger partial charge in [-0.2, -0.15) is 0 Å². The maximum atomic E-state index is 13.6.